The minimum atomic E-state index is 0.264. The van der Waals surface area contributed by atoms with Crippen molar-refractivity contribution in [3.05, 3.63) is 15.9 Å². The van der Waals surface area contributed by atoms with Gasteiger partial charge in [0.05, 0.1) is 15.9 Å². The fraction of sp³-hybridized carbons (Fsp3) is 0.727. The van der Waals surface area contributed by atoms with Crippen LogP contribution < -0.4 is 0 Å². The van der Waals surface area contributed by atoms with Crippen LogP contribution in [-0.4, -0.2) is 27.2 Å². The Hall–Kier alpha value is -0.0000000000000000763. The van der Waals surface area contributed by atoms with Gasteiger partial charge in [0.15, 0.2) is 0 Å². The van der Waals surface area contributed by atoms with Crippen LogP contribution in [-0.2, 0) is 12.3 Å². The summed E-state index contributed by atoms with van der Waals surface area (Å²) in [5.41, 5.74) is 2.29. The number of aliphatic hydroxyl groups is 1. The Morgan fingerprint density at radius 2 is 2.25 bits per heavy atom. The van der Waals surface area contributed by atoms with E-state index >= 15 is 0 Å². The summed E-state index contributed by atoms with van der Waals surface area (Å²) < 4.78 is 3.16. The molecule has 16 heavy (non-hydrogen) atoms. The van der Waals surface area contributed by atoms with Crippen molar-refractivity contribution in [2.45, 2.75) is 33.1 Å². The van der Waals surface area contributed by atoms with E-state index in [1.807, 2.05) is 23.4 Å². The van der Waals surface area contributed by atoms with Crippen molar-refractivity contribution in [2.24, 2.45) is 5.92 Å². The Kier molecular flexibility index (Phi) is 5.86. The summed E-state index contributed by atoms with van der Waals surface area (Å²) in [7, 11) is 0. The van der Waals surface area contributed by atoms with Gasteiger partial charge in [0.1, 0.15) is 0 Å². The molecule has 1 atom stereocenters. The van der Waals surface area contributed by atoms with Crippen LogP contribution in [0.1, 0.15) is 25.2 Å². The van der Waals surface area contributed by atoms with Crippen molar-refractivity contribution >= 4 is 27.7 Å². The molecular weight excluding hydrogens is 288 g/mol. The zero-order valence-corrected chi connectivity index (χ0v) is 12.4. The predicted molar refractivity (Wildman–Crippen MR) is 72.7 cm³/mol. The number of aryl methyl sites for hydroxylation is 2. The third kappa shape index (κ3) is 3.50. The van der Waals surface area contributed by atoms with E-state index in [0.717, 1.165) is 28.2 Å². The van der Waals surface area contributed by atoms with E-state index in [1.54, 1.807) is 0 Å². The molecule has 3 nitrogen and oxygen atoms in total. The fourth-order valence-electron chi connectivity index (χ4n) is 1.42. The van der Waals surface area contributed by atoms with Gasteiger partial charge < -0.3 is 5.11 Å². The molecule has 0 spiro atoms. The largest absolute Gasteiger partial charge is 0.396 e. The minimum absolute atomic E-state index is 0.264. The van der Waals surface area contributed by atoms with Crippen molar-refractivity contribution in [1.29, 1.82) is 0 Å². The molecule has 0 saturated heterocycles. The lowest BCUT2D eigenvalue weighted by Crippen LogP contribution is -2.06. The summed E-state index contributed by atoms with van der Waals surface area (Å²) in [4.78, 5) is 0. The Balaban J connectivity index is 2.59. The molecule has 0 saturated carbocycles. The second kappa shape index (κ2) is 6.67. The molecule has 0 aliphatic rings. The van der Waals surface area contributed by atoms with Gasteiger partial charge in [0, 0.05) is 18.9 Å². The average Bonchev–Trinajstić information content (AvgIpc) is 2.56. The highest BCUT2D eigenvalue weighted by atomic mass is 79.9. The first-order chi connectivity index (χ1) is 7.60. The van der Waals surface area contributed by atoms with E-state index in [4.69, 9.17) is 5.11 Å². The van der Waals surface area contributed by atoms with Gasteiger partial charge in [-0.05, 0) is 41.4 Å². The second-order valence-corrected chi connectivity index (χ2v) is 5.79. The Morgan fingerprint density at radius 1 is 1.56 bits per heavy atom. The molecular formula is C11H19BrN2OS. The lowest BCUT2D eigenvalue weighted by Gasteiger charge is -2.08. The molecule has 1 rings (SSSR count). The van der Waals surface area contributed by atoms with Gasteiger partial charge in [-0.1, -0.05) is 6.92 Å². The molecule has 0 bridgehead atoms. The molecule has 0 aromatic carbocycles. The van der Waals surface area contributed by atoms with Crippen molar-refractivity contribution < 1.29 is 5.11 Å². The molecule has 1 N–H and O–H groups in total. The molecule has 0 fully saturated rings. The Labute approximate surface area is 110 Å². The van der Waals surface area contributed by atoms with Gasteiger partial charge in [-0.15, -0.1) is 0 Å². The van der Waals surface area contributed by atoms with Gasteiger partial charge >= 0.3 is 0 Å². The quantitative estimate of drug-likeness (QED) is 0.878. The molecule has 0 amide bonds. The highest BCUT2D eigenvalue weighted by Crippen LogP contribution is 2.25. The molecule has 1 unspecified atom stereocenters. The first kappa shape index (κ1) is 14.1. The third-order valence-electron chi connectivity index (χ3n) is 2.41. The topological polar surface area (TPSA) is 38.0 Å². The number of aliphatic hydroxyl groups excluding tert-OH is 1. The minimum Gasteiger partial charge on any atom is -0.396 e. The molecule has 1 heterocycles. The molecule has 1 aromatic heterocycles. The van der Waals surface area contributed by atoms with Crippen LogP contribution in [0.2, 0.25) is 0 Å². The number of hydrogen-bond donors (Lipinski definition) is 1. The standard InChI is InChI=1S/C11H19BrN2OS/c1-4-14-10(11(12)9(3)13-14)7-16-6-8(2)5-15/h8,15H,4-7H2,1-3H3. The lowest BCUT2D eigenvalue weighted by atomic mass is 10.2. The fourth-order valence-corrected chi connectivity index (χ4v) is 3.14. The highest BCUT2D eigenvalue weighted by Gasteiger charge is 2.12. The van der Waals surface area contributed by atoms with E-state index in [9.17, 15) is 0 Å². The number of halogens is 1. The normalized spacial score (nSPS) is 13.1. The van der Waals surface area contributed by atoms with E-state index < -0.39 is 0 Å². The molecule has 0 aliphatic carbocycles. The maximum atomic E-state index is 8.95. The van der Waals surface area contributed by atoms with Crippen molar-refractivity contribution in [2.75, 3.05) is 12.4 Å². The van der Waals surface area contributed by atoms with Gasteiger partial charge in [0.25, 0.3) is 0 Å². The van der Waals surface area contributed by atoms with E-state index in [0.29, 0.717) is 5.92 Å². The van der Waals surface area contributed by atoms with Crippen LogP contribution in [0.4, 0.5) is 0 Å². The monoisotopic (exact) mass is 306 g/mol. The van der Waals surface area contributed by atoms with Crippen LogP contribution >= 0.6 is 27.7 Å². The number of aromatic nitrogens is 2. The van der Waals surface area contributed by atoms with Crippen molar-refractivity contribution in [3.8, 4) is 0 Å². The second-order valence-electron chi connectivity index (χ2n) is 3.96. The molecule has 5 heteroatoms. The number of hydrogen-bond acceptors (Lipinski definition) is 3. The van der Waals surface area contributed by atoms with Crippen LogP contribution in [0.25, 0.3) is 0 Å². The smallest absolute Gasteiger partial charge is 0.0739 e. The van der Waals surface area contributed by atoms with Crippen molar-refractivity contribution in [3.63, 3.8) is 0 Å². The lowest BCUT2D eigenvalue weighted by molar-refractivity contribution is 0.250. The summed E-state index contributed by atoms with van der Waals surface area (Å²) in [5, 5.41) is 13.4. The zero-order chi connectivity index (χ0) is 12.1. The zero-order valence-electron chi connectivity index (χ0n) is 10.0. The van der Waals surface area contributed by atoms with Gasteiger partial charge in [0.2, 0.25) is 0 Å². The first-order valence-corrected chi connectivity index (χ1v) is 7.45. The SMILES string of the molecule is CCn1nc(C)c(Br)c1CSCC(C)CO. The summed E-state index contributed by atoms with van der Waals surface area (Å²) in [6, 6.07) is 0. The van der Waals surface area contributed by atoms with E-state index in [-0.39, 0.29) is 6.61 Å². The van der Waals surface area contributed by atoms with Gasteiger partial charge in [-0.2, -0.15) is 16.9 Å². The summed E-state index contributed by atoms with van der Waals surface area (Å²) >= 11 is 5.43. The molecule has 0 aliphatic heterocycles. The Morgan fingerprint density at radius 3 is 2.81 bits per heavy atom. The molecule has 92 valence electrons. The average molecular weight is 307 g/mol. The first-order valence-electron chi connectivity index (χ1n) is 5.50. The summed E-state index contributed by atoms with van der Waals surface area (Å²) in [6.07, 6.45) is 0. The predicted octanol–water partition coefficient (Wildman–Crippen LogP) is 2.84. The van der Waals surface area contributed by atoms with E-state index in [2.05, 4.69) is 34.9 Å². The van der Waals surface area contributed by atoms with Crippen LogP contribution in [0, 0.1) is 12.8 Å². The maximum Gasteiger partial charge on any atom is 0.0739 e. The summed E-state index contributed by atoms with van der Waals surface area (Å²) in [6.45, 7) is 7.34. The number of rotatable bonds is 6. The molecule has 1 aromatic rings. The van der Waals surface area contributed by atoms with Gasteiger partial charge in [-0.3, -0.25) is 4.68 Å². The maximum absolute atomic E-state index is 8.95. The van der Waals surface area contributed by atoms with Crippen LogP contribution in [0.5, 0.6) is 0 Å². The van der Waals surface area contributed by atoms with Crippen LogP contribution in [0.15, 0.2) is 4.47 Å². The molecule has 0 radical (unpaired) electrons. The highest BCUT2D eigenvalue weighted by molar-refractivity contribution is 9.10. The van der Waals surface area contributed by atoms with E-state index in [1.165, 1.54) is 5.69 Å². The summed E-state index contributed by atoms with van der Waals surface area (Å²) in [5.74, 6) is 2.29. The number of nitrogens with zero attached hydrogens (tertiary/aromatic N) is 2. The van der Waals surface area contributed by atoms with Crippen LogP contribution in [0.3, 0.4) is 0 Å². The van der Waals surface area contributed by atoms with Gasteiger partial charge in [-0.25, -0.2) is 0 Å². The third-order valence-corrected chi connectivity index (χ3v) is 4.72. The number of thioether (sulfide) groups is 1. The van der Waals surface area contributed by atoms with Crippen molar-refractivity contribution in [1.82, 2.24) is 9.78 Å². The Bertz CT molecular complexity index is 341.